The van der Waals surface area contributed by atoms with Gasteiger partial charge in [0.25, 0.3) is 0 Å². The summed E-state index contributed by atoms with van der Waals surface area (Å²) in [6.07, 6.45) is 0.869. The molecule has 1 fully saturated rings. The number of aryl methyl sites for hydroxylation is 1. The van der Waals surface area contributed by atoms with Crippen molar-refractivity contribution in [2.45, 2.75) is 46.2 Å². The first-order valence-corrected chi connectivity index (χ1v) is 13.0. The van der Waals surface area contributed by atoms with Crippen molar-refractivity contribution >= 4 is 23.2 Å². The molecule has 1 aliphatic rings. The van der Waals surface area contributed by atoms with E-state index < -0.39 is 0 Å². The molecule has 1 heterocycles. The third-order valence-corrected chi connectivity index (χ3v) is 7.44. The first-order valence-electron chi connectivity index (χ1n) is 12.1. The standard InChI is InChI=1S/C29H34N2O2S/c1-21(2)17-31(29(33)26-16-25(26)24-12-8-5-9-13-24)20-28(32)30(18-23-10-6-4-7-11-23)19-27-22(3)14-15-34-27/h4-15,21,25-26H,16-20H2,1-3H3. The van der Waals surface area contributed by atoms with E-state index in [1.165, 1.54) is 16.0 Å². The Bertz CT molecular complexity index is 1090. The average Bonchev–Trinajstić information content (AvgIpc) is 3.54. The molecular formula is C29H34N2O2S. The van der Waals surface area contributed by atoms with Crippen molar-refractivity contribution in [3.63, 3.8) is 0 Å². The van der Waals surface area contributed by atoms with Crippen molar-refractivity contribution in [2.75, 3.05) is 13.1 Å². The number of rotatable bonds is 10. The van der Waals surface area contributed by atoms with Gasteiger partial charge >= 0.3 is 0 Å². The van der Waals surface area contributed by atoms with Gasteiger partial charge < -0.3 is 9.80 Å². The Morgan fingerprint density at radius 2 is 1.62 bits per heavy atom. The van der Waals surface area contributed by atoms with E-state index in [4.69, 9.17) is 0 Å². The normalized spacial score (nSPS) is 16.9. The Hall–Kier alpha value is -2.92. The molecule has 0 saturated heterocycles. The molecular weight excluding hydrogens is 440 g/mol. The maximum Gasteiger partial charge on any atom is 0.242 e. The number of thiophene rings is 1. The molecule has 3 aromatic rings. The van der Waals surface area contributed by atoms with Crippen LogP contribution < -0.4 is 0 Å². The minimum atomic E-state index is -0.0175. The van der Waals surface area contributed by atoms with Gasteiger partial charge in [-0.2, -0.15) is 0 Å². The second kappa shape index (κ2) is 11.0. The van der Waals surface area contributed by atoms with Crippen LogP contribution >= 0.6 is 11.3 Å². The number of nitrogens with zero attached hydrogens (tertiary/aromatic N) is 2. The lowest BCUT2D eigenvalue weighted by Gasteiger charge is -2.29. The smallest absolute Gasteiger partial charge is 0.242 e. The summed E-state index contributed by atoms with van der Waals surface area (Å²) >= 11 is 1.68. The molecule has 1 aliphatic carbocycles. The summed E-state index contributed by atoms with van der Waals surface area (Å²) in [6.45, 7) is 8.12. The predicted molar refractivity (Wildman–Crippen MR) is 138 cm³/mol. The molecule has 4 nitrogen and oxygen atoms in total. The highest BCUT2D eigenvalue weighted by atomic mass is 32.1. The second-order valence-electron chi connectivity index (χ2n) is 9.73. The number of hydrogen-bond donors (Lipinski definition) is 0. The summed E-state index contributed by atoms with van der Waals surface area (Å²) in [7, 11) is 0. The highest BCUT2D eigenvalue weighted by Crippen LogP contribution is 2.48. The molecule has 0 aliphatic heterocycles. The van der Waals surface area contributed by atoms with Crippen molar-refractivity contribution in [1.82, 2.24) is 9.80 Å². The summed E-state index contributed by atoms with van der Waals surface area (Å²) in [6, 6.07) is 22.4. The number of carbonyl (C=O) groups excluding carboxylic acids is 2. The van der Waals surface area contributed by atoms with Gasteiger partial charge in [-0.25, -0.2) is 0 Å². The summed E-state index contributed by atoms with van der Waals surface area (Å²) in [5.41, 5.74) is 3.52. The fraction of sp³-hybridized carbons (Fsp3) is 0.379. The largest absolute Gasteiger partial charge is 0.333 e. The summed E-state index contributed by atoms with van der Waals surface area (Å²) in [5, 5.41) is 2.07. The zero-order valence-corrected chi connectivity index (χ0v) is 21.1. The van der Waals surface area contributed by atoms with E-state index in [0.29, 0.717) is 25.6 Å². The Morgan fingerprint density at radius 3 is 2.24 bits per heavy atom. The molecule has 2 amide bonds. The van der Waals surface area contributed by atoms with Gasteiger partial charge in [0.05, 0.1) is 13.1 Å². The van der Waals surface area contributed by atoms with Crippen LogP contribution in [0.2, 0.25) is 0 Å². The van der Waals surface area contributed by atoms with Crippen LogP contribution in [0.15, 0.2) is 72.1 Å². The van der Waals surface area contributed by atoms with Gasteiger partial charge in [0.1, 0.15) is 0 Å². The van der Waals surface area contributed by atoms with Crippen LogP contribution in [0.5, 0.6) is 0 Å². The van der Waals surface area contributed by atoms with Crippen LogP contribution in [0.3, 0.4) is 0 Å². The number of amides is 2. The van der Waals surface area contributed by atoms with Crippen LogP contribution in [-0.4, -0.2) is 34.7 Å². The fourth-order valence-electron chi connectivity index (χ4n) is 4.48. The number of carbonyl (C=O) groups is 2. The molecule has 0 spiro atoms. The lowest BCUT2D eigenvalue weighted by molar-refractivity contribution is -0.142. The molecule has 0 bridgehead atoms. The van der Waals surface area contributed by atoms with Gasteiger partial charge in [-0.1, -0.05) is 74.5 Å². The Balaban J connectivity index is 1.49. The lowest BCUT2D eigenvalue weighted by atomic mass is 10.1. The Morgan fingerprint density at radius 1 is 0.941 bits per heavy atom. The van der Waals surface area contributed by atoms with E-state index in [1.54, 1.807) is 16.2 Å². The molecule has 2 aromatic carbocycles. The third kappa shape index (κ3) is 6.15. The molecule has 0 radical (unpaired) electrons. The maximum atomic E-state index is 13.6. The molecule has 1 aromatic heterocycles. The monoisotopic (exact) mass is 474 g/mol. The van der Waals surface area contributed by atoms with Crippen LogP contribution in [0.25, 0.3) is 0 Å². The van der Waals surface area contributed by atoms with Crippen LogP contribution in [0.4, 0.5) is 0 Å². The minimum absolute atomic E-state index is 0.00237. The van der Waals surface area contributed by atoms with E-state index in [0.717, 1.165) is 12.0 Å². The van der Waals surface area contributed by atoms with Crippen LogP contribution in [-0.2, 0) is 22.7 Å². The van der Waals surface area contributed by atoms with Crippen molar-refractivity contribution in [3.05, 3.63) is 93.7 Å². The van der Waals surface area contributed by atoms with Gasteiger partial charge in [0.2, 0.25) is 11.8 Å². The first-order chi connectivity index (χ1) is 16.4. The quantitative estimate of drug-likeness (QED) is 0.368. The minimum Gasteiger partial charge on any atom is -0.333 e. The SMILES string of the molecule is Cc1ccsc1CN(Cc1ccccc1)C(=O)CN(CC(C)C)C(=O)C1CC1c1ccccc1. The highest BCUT2D eigenvalue weighted by Gasteiger charge is 2.46. The zero-order chi connectivity index (χ0) is 24.1. The van der Waals surface area contributed by atoms with Crippen molar-refractivity contribution in [1.29, 1.82) is 0 Å². The molecule has 34 heavy (non-hydrogen) atoms. The van der Waals surface area contributed by atoms with Crippen molar-refractivity contribution in [3.8, 4) is 0 Å². The highest BCUT2D eigenvalue weighted by molar-refractivity contribution is 7.10. The van der Waals surface area contributed by atoms with Crippen LogP contribution in [0, 0.1) is 18.8 Å². The summed E-state index contributed by atoms with van der Waals surface area (Å²) < 4.78 is 0. The topological polar surface area (TPSA) is 40.6 Å². The van der Waals surface area contributed by atoms with Crippen molar-refractivity contribution < 1.29 is 9.59 Å². The van der Waals surface area contributed by atoms with E-state index in [9.17, 15) is 9.59 Å². The molecule has 2 atom stereocenters. The van der Waals surface area contributed by atoms with E-state index >= 15 is 0 Å². The van der Waals surface area contributed by atoms with E-state index in [-0.39, 0.29) is 30.2 Å². The summed E-state index contributed by atoms with van der Waals surface area (Å²) in [4.78, 5) is 32.0. The van der Waals surface area contributed by atoms with Crippen molar-refractivity contribution in [2.24, 2.45) is 11.8 Å². The predicted octanol–water partition coefficient (Wildman–Crippen LogP) is 5.87. The first kappa shape index (κ1) is 24.2. The zero-order valence-electron chi connectivity index (χ0n) is 20.3. The average molecular weight is 475 g/mol. The lowest BCUT2D eigenvalue weighted by Crippen LogP contribution is -2.44. The third-order valence-electron chi connectivity index (χ3n) is 6.43. The maximum absolute atomic E-state index is 13.6. The number of benzene rings is 2. The number of hydrogen-bond acceptors (Lipinski definition) is 3. The second-order valence-corrected chi connectivity index (χ2v) is 10.7. The van der Waals surface area contributed by atoms with Gasteiger partial charge in [-0.05, 0) is 53.3 Å². The molecule has 5 heteroatoms. The van der Waals surface area contributed by atoms with Gasteiger partial charge in [-0.3, -0.25) is 9.59 Å². The van der Waals surface area contributed by atoms with E-state index in [2.05, 4.69) is 44.4 Å². The Kier molecular flexibility index (Phi) is 7.84. The van der Waals surface area contributed by atoms with E-state index in [1.807, 2.05) is 53.4 Å². The molecule has 1 saturated carbocycles. The summed E-state index contributed by atoms with van der Waals surface area (Å²) in [5.74, 6) is 0.668. The molecule has 0 N–H and O–H groups in total. The fourth-order valence-corrected chi connectivity index (χ4v) is 5.40. The van der Waals surface area contributed by atoms with Gasteiger partial charge in [0, 0.05) is 23.9 Å². The van der Waals surface area contributed by atoms with Gasteiger partial charge in [0.15, 0.2) is 0 Å². The van der Waals surface area contributed by atoms with Gasteiger partial charge in [-0.15, -0.1) is 11.3 Å². The Labute approximate surface area is 207 Å². The molecule has 2 unspecified atom stereocenters. The molecule has 4 rings (SSSR count). The van der Waals surface area contributed by atoms with Crippen LogP contribution in [0.1, 0.15) is 47.8 Å². The molecule has 178 valence electrons.